The molecule has 28 heavy (non-hydrogen) atoms. The van der Waals surface area contributed by atoms with Crippen LogP contribution in [-0.2, 0) is 5.04 Å². The van der Waals surface area contributed by atoms with Gasteiger partial charge in [-0.25, -0.2) is 0 Å². The van der Waals surface area contributed by atoms with Gasteiger partial charge < -0.3 is 0 Å². The molecule has 0 amide bonds. The summed E-state index contributed by atoms with van der Waals surface area (Å²) in [7, 11) is -2.15. The molecule has 0 radical (unpaired) electrons. The summed E-state index contributed by atoms with van der Waals surface area (Å²) >= 11 is 0. The molecular weight excluding hydrogens is 352 g/mol. The summed E-state index contributed by atoms with van der Waals surface area (Å²) in [5.74, 6) is 0. The first-order chi connectivity index (χ1) is 13.7. The van der Waals surface area contributed by atoms with Crippen LogP contribution in [0.5, 0.6) is 0 Å². The molecule has 1 unspecified atom stereocenters. The Balaban J connectivity index is 2.35. The van der Waals surface area contributed by atoms with Crippen LogP contribution in [0.15, 0.2) is 104 Å². The van der Waals surface area contributed by atoms with Crippen LogP contribution >= 0.6 is 0 Å². The van der Waals surface area contributed by atoms with Crippen molar-refractivity contribution in [3.05, 3.63) is 109 Å². The highest BCUT2D eigenvalue weighted by Gasteiger charge is 2.51. The van der Waals surface area contributed by atoms with Gasteiger partial charge >= 0.3 is 0 Å². The molecule has 0 N–H and O–H groups in total. The maximum atomic E-state index is 4.20. The van der Waals surface area contributed by atoms with Gasteiger partial charge in [-0.3, -0.25) is 0 Å². The minimum absolute atomic E-state index is 0.0781. The second kappa shape index (κ2) is 9.21. The summed E-state index contributed by atoms with van der Waals surface area (Å²) < 4.78 is 0. The van der Waals surface area contributed by atoms with Crippen molar-refractivity contribution in [3.8, 4) is 0 Å². The predicted octanol–water partition coefficient (Wildman–Crippen LogP) is 6.12. The highest BCUT2D eigenvalue weighted by molar-refractivity contribution is 7.03. The quantitative estimate of drug-likeness (QED) is 0.308. The van der Waals surface area contributed by atoms with E-state index in [1.165, 1.54) is 35.2 Å². The lowest BCUT2D eigenvalue weighted by Crippen LogP contribution is -2.69. The third-order valence-electron chi connectivity index (χ3n) is 6.44. The summed E-state index contributed by atoms with van der Waals surface area (Å²) in [6.07, 6.45) is 6.78. The van der Waals surface area contributed by atoms with Crippen molar-refractivity contribution < 1.29 is 0 Å². The number of unbranched alkanes of at least 4 members (excludes halogenated alkanes) is 1. The minimum Gasteiger partial charge on any atom is -0.103 e. The molecule has 0 aliphatic heterocycles. The van der Waals surface area contributed by atoms with Crippen LogP contribution in [0.4, 0.5) is 0 Å². The Bertz CT molecular complexity index is 815. The zero-order valence-corrected chi connectivity index (χ0v) is 18.3. The van der Waals surface area contributed by atoms with E-state index in [-0.39, 0.29) is 5.04 Å². The lowest BCUT2D eigenvalue weighted by Gasteiger charge is -2.49. The number of benzene rings is 3. The molecule has 0 fully saturated rings. The van der Waals surface area contributed by atoms with Gasteiger partial charge in [0.1, 0.15) is 8.07 Å². The molecule has 144 valence electrons. The maximum Gasteiger partial charge on any atom is 0.125 e. The lowest BCUT2D eigenvalue weighted by atomic mass is 9.89. The molecule has 1 atom stereocenters. The number of allylic oxidation sites excluding steroid dienone is 1. The second-order valence-electron chi connectivity index (χ2n) is 7.90. The summed E-state index contributed by atoms with van der Waals surface area (Å²) in [6.45, 7) is 9.07. The van der Waals surface area contributed by atoms with Crippen LogP contribution in [-0.4, -0.2) is 8.07 Å². The van der Waals surface area contributed by atoms with Crippen LogP contribution in [0.2, 0.25) is 6.55 Å². The topological polar surface area (TPSA) is 0 Å². The third-order valence-corrected chi connectivity index (χ3v) is 12.1. The van der Waals surface area contributed by atoms with E-state index in [1.807, 2.05) is 0 Å². The fourth-order valence-electron chi connectivity index (χ4n) is 4.85. The van der Waals surface area contributed by atoms with Gasteiger partial charge in [0.15, 0.2) is 0 Å². The molecule has 0 saturated carbocycles. The van der Waals surface area contributed by atoms with E-state index >= 15 is 0 Å². The van der Waals surface area contributed by atoms with Gasteiger partial charge in [0, 0.05) is 5.04 Å². The van der Waals surface area contributed by atoms with Gasteiger partial charge in [0.2, 0.25) is 0 Å². The first-order valence-corrected chi connectivity index (χ1v) is 13.0. The van der Waals surface area contributed by atoms with Crippen LogP contribution < -0.4 is 10.4 Å². The summed E-state index contributed by atoms with van der Waals surface area (Å²) in [6, 6.07) is 33.7. The van der Waals surface area contributed by atoms with Crippen molar-refractivity contribution in [2.75, 3.05) is 0 Å². The number of hydrogen-bond donors (Lipinski definition) is 0. The van der Waals surface area contributed by atoms with Gasteiger partial charge in [0.05, 0.1) is 0 Å². The zero-order valence-electron chi connectivity index (χ0n) is 17.3. The first-order valence-electron chi connectivity index (χ1n) is 10.5. The molecule has 3 aromatic rings. The molecule has 0 heterocycles. The van der Waals surface area contributed by atoms with Gasteiger partial charge in [0.25, 0.3) is 0 Å². The number of rotatable bonds is 9. The normalized spacial score (nSPS) is 13.6. The first kappa shape index (κ1) is 20.4. The standard InChI is InChI=1S/C27H32Si/c1-4-6-23-27(22-5-2,24-16-10-7-11-17-24)28(3,25-18-12-8-13-19-25)26-20-14-9-15-21-26/h5,7-21H,2,4,6,22-23H2,1,3H3. The largest absolute Gasteiger partial charge is 0.125 e. The predicted molar refractivity (Wildman–Crippen MR) is 126 cm³/mol. The van der Waals surface area contributed by atoms with Crippen LogP contribution in [0, 0.1) is 0 Å². The Morgan fingerprint density at radius 3 is 1.68 bits per heavy atom. The molecule has 0 aliphatic carbocycles. The van der Waals surface area contributed by atoms with Gasteiger partial charge in [-0.1, -0.05) is 134 Å². The fraction of sp³-hybridized carbons (Fsp3) is 0.259. The Hall–Kier alpha value is -2.38. The van der Waals surface area contributed by atoms with E-state index in [0.29, 0.717) is 0 Å². The Labute approximate surface area is 172 Å². The van der Waals surface area contributed by atoms with E-state index in [4.69, 9.17) is 0 Å². The summed E-state index contributed by atoms with van der Waals surface area (Å²) in [4.78, 5) is 0. The smallest absolute Gasteiger partial charge is 0.103 e. The second-order valence-corrected chi connectivity index (χ2v) is 12.3. The SMILES string of the molecule is C=CCC(CCCC)(c1ccccc1)[Si](C)(c1ccccc1)c1ccccc1. The molecule has 3 aromatic carbocycles. The maximum absolute atomic E-state index is 4.20. The molecule has 0 aromatic heterocycles. The number of hydrogen-bond acceptors (Lipinski definition) is 0. The van der Waals surface area contributed by atoms with Gasteiger partial charge in [-0.15, -0.1) is 6.58 Å². The zero-order chi connectivity index (χ0) is 19.9. The fourth-order valence-corrected chi connectivity index (χ4v) is 9.98. The average molecular weight is 385 g/mol. The van der Waals surface area contributed by atoms with Gasteiger partial charge in [-0.2, -0.15) is 0 Å². The van der Waals surface area contributed by atoms with Crippen molar-refractivity contribution in [2.24, 2.45) is 0 Å². The minimum atomic E-state index is -2.15. The van der Waals surface area contributed by atoms with Crippen molar-refractivity contribution in [2.45, 2.75) is 44.2 Å². The molecule has 3 rings (SSSR count). The van der Waals surface area contributed by atoms with Crippen molar-refractivity contribution in [1.82, 2.24) is 0 Å². The molecule has 0 bridgehead atoms. The van der Waals surface area contributed by atoms with E-state index in [1.54, 1.807) is 0 Å². The van der Waals surface area contributed by atoms with Crippen LogP contribution in [0.25, 0.3) is 0 Å². The molecule has 1 heteroatoms. The Kier molecular flexibility index (Phi) is 6.69. The van der Waals surface area contributed by atoms with Crippen molar-refractivity contribution >= 4 is 18.4 Å². The monoisotopic (exact) mass is 384 g/mol. The van der Waals surface area contributed by atoms with Crippen molar-refractivity contribution in [1.29, 1.82) is 0 Å². The van der Waals surface area contributed by atoms with E-state index in [0.717, 1.165) is 6.42 Å². The van der Waals surface area contributed by atoms with E-state index in [9.17, 15) is 0 Å². The van der Waals surface area contributed by atoms with E-state index in [2.05, 4.69) is 117 Å². The summed E-state index contributed by atoms with van der Waals surface area (Å²) in [5.41, 5.74) is 1.46. The molecule has 0 spiro atoms. The highest BCUT2D eigenvalue weighted by atomic mass is 28.3. The molecule has 0 saturated heterocycles. The van der Waals surface area contributed by atoms with Crippen LogP contribution in [0.3, 0.4) is 0 Å². The lowest BCUT2D eigenvalue weighted by molar-refractivity contribution is 0.512. The Morgan fingerprint density at radius 2 is 1.25 bits per heavy atom. The Morgan fingerprint density at radius 1 is 0.786 bits per heavy atom. The molecular formula is C27H32Si. The average Bonchev–Trinajstić information content (AvgIpc) is 2.78. The summed E-state index contributed by atoms with van der Waals surface area (Å²) in [5, 5.41) is 3.08. The highest BCUT2D eigenvalue weighted by Crippen LogP contribution is 2.42. The van der Waals surface area contributed by atoms with Gasteiger partial charge in [-0.05, 0) is 18.4 Å². The van der Waals surface area contributed by atoms with E-state index < -0.39 is 8.07 Å². The molecule has 0 aliphatic rings. The third kappa shape index (κ3) is 3.64. The van der Waals surface area contributed by atoms with Crippen LogP contribution in [0.1, 0.15) is 38.2 Å². The molecule has 0 nitrogen and oxygen atoms in total. The van der Waals surface area contributed by atoms with Crippen molar-refractivity contribution in [3.63, 3.8) is 0 Å².